The van der Waals surface area contributed by atoms with Crippen LogP contribution in [0, 0.1) is 0 Å². The van der Waals surface area contributed by atoms with Gasteiger partial charge in [0.25, 0.3) is 17.7 Å². The summed E-state index contributed by atoms with van der Waals surface area (Å²) in [4.78, 5) is 65.7. The van der Waals surface area contributed by atoms with E-state index in [0.29, 0.717) is 19.8 Å². The highest BCUT2D eigenvalue weighted by molar-refractivity contribution is 6.26. The number of ether oxygens (including phenoxy) is 3. The standard InChI is InChI=1S/C22H26N6O8/c1-13(36-12-11-35-10-9-34-8-7-24-27-23)19(30)25-15-4-2-3-14-18(15)22(33)28(21(14)32)16-5-6-17(29)26-20(16)31/h2-4,13,16H,5-12H2,1H3,(H,25,30)(H,26,29,31). The molecule has 192 valence electrons. The van der Waals surface area contributed by atoms with Crippen LogP contribution in [0.4, 0.5) is 5.69 Å². The Morgan fingerprint density at radius 1 is 1.17 bits per heavy atom. The van der Waals surface area contributed by atoms with Gasteiger partial charge in [-0.2, -0.15) is 0 Å². The number of hydrogen-bond acceptors (Lipinski definition) is 9. The van der Waals surface area contributed by atoms with Crippen molar-refractivity contribution in [2.24, 2.45) is 5.11 Å². The van der Waals surface area contributed by atoms with Crippen LogP contribution < -0.4 is 10.6 Å². The molecule has 2 unspecified atom stereocenters. The highest BCUT2D eigenvalue weighted by Crippen LogP contribution is 2.32. The maximum Gasteiger partial charge on any atom is 0.264 e. The van der Waals surface area contributed by atoms with Crippen molar-refractivity contribution >= 4 is 35.2 Å². The molecule has 0 aliphatic carbocycles. The van der Waals surface area contributed by atoms with E-state index >= 15 is 0 Å². The lowest BCUT2D eigenvalue weighted by Crippen LogP contribution is -2.54. The Labute approximate surface area is 205 Å². The number of azide groups is 1. The van der Waals surface area contributed by atoms with Crippen LogP contribution in [-0.2, 0) is 28.6 Å². The third-order valence-corrected chi connectivity index (χ3v) is 5.46. The van der Waals surface area contributed by atoms with E-state index in [1.165, 1.54) is 25.1 Å². The zero-order valence-electron chi connectivity index (χ0n) is 19.6. The molecule has 1 saturated heterocycles. The average molecular weight is 502 g/mol. The quantitative estimate of drug-likeness (QED) is 0.130. The number of piperidine rings is 1. The number of imide groups is 2. The van der Waals surface area contributed by atoms with Crippen molar-refractivity contribution in [1.82, 2.24) is 10.2 Å². The minimum atomic E-state index is -1.10. The number of fused-ring (bicyclic) bond motifs is 1. The second-order valence-electron chi connectivity index (χ2n) is 7.86. The summed E-state index contributed by atoms with van der Waals surface area (Å²) >= 11 is 0. The molecule has 2 atom stereocenters. The van der Waals surface area contributed by atoms with E-state index in [9.17, 15) is 24.0 Å². The fraction of sp³-hybridized carbons (Fsp3) is 0.500. The molecule has 0 radical (unpaired) electrons. The molecule has 1 fully saturated rings. The van der Waals surface area contributed by atoms with E-state index in [2.05, 4.69) is 20.7 Å². The van der Waals surface area contributed by atoms with Crippen molar-refractivity contribution in [1.29, 1.82) is 0 Å². The molecule has 2 N–H and O–H groups in total. The molecule has 0 aromatic heterocycles. The molecule has 2 heterocycles. The van der Waals surface area contributed by atoms with Crippen LogP contribution in [0.3, 0.4) is 0 Å². The number of rotatable bonds is 13. The van der Waals surface area contributed by atoms with Gasteiger partial charge in [-0.05, 0) is 31.0 Å². The second-order valence-corrected chi connectivity index (χ2v) is 7.86. The van der Waals surface area contributed by atoms with Crippen LogP contribution in [-0.4, -0.2) is 86.2 Å². The molecule has 0 spiro atoms. The molecule has 1 aromatic carbocycles. The molecule has 0 bridgehead atoms. The predicted octanol–water partition coefficient (Wildman–Crippen LogP) is 0.775. The lowest BCUT2D eigenvalue weighted by molar-refractivity contribution is -0.136. The molecule has 3 rings (SSSR count). The summed E-state index contributed by atoms with van der Waals surface area (Å²) in [7, 11) is 0. The minimum absolute atomic E-state index is 0.0103. The van der Waals surface area contributed by atoms with Crippen LogP contribution in [0.15, 0.2) is 23.3 Å². The molecule has 14 nitrogen and oxygen atoms in total. The monoisotopic (exact) mass is 502 g/mol. The molecular formula is C22H26N6O8. The number of benzene rings is 1. The van der Waals surface area contributed by atoms with Crippen molar-refractivity contribution < 1.29 is 38.2 Å². The van der Waals surface area contributed by atoms with E-state index in [1.54, 1.807) is 0 Å². The fourth-order valence-electron chi connectivity index (χ4n) is 3.69. The van der Waals surface area contributed by atoms with Crippen LogP contribution >= 0.6 is 0 Å². The molecule has 14 heteroatoms. The SMILES string of the molecule is CC(OCCOCCOCCN=[N+]=[N-])C(=O)Nc1cccc2c1C(=O)N(C1CCC(=O)NC1=O)C2=O. The summed E-state index contributed by atoms with van der Waals surface area (Å²) in [6, 6.07) is 3.34. The molecule has 5 amide bonds. The lowest BCUT2D eigenvalue weighted by Gasteiger charge is -2.27. The number of carbonyl (C=O) groups excluding carboxylic acids is 5. The topological polar surface area (TPSA) is 189 Å². The summed E-state index contributed by atoms with van der Waals surface area (Å²) in [6.07, 6.45) is -0.841. The Kier molecular flexibility index (Phi) is 9.47. The third-order valence-electron chi connectivity index (χ3n) is 5.46. The Hall–Kier alpha value is -3.84. The fourth-order valence-corrected chi connectivity index (χ4v) is 3.69. The van der Waals surface area contributed by atoms with Crippen LogP contribution in [0.5, 0.6) is 0 Å². The normalized spacial score (nSPS) is 17.9. The third kappa shape index (κ3) is 6.43. The van der Waals surface area contributed by atoms with Gasteiger partial charge in [-0.1, -0.05) is 11.2 Å². The zero-order valence-corrected chi connectivity index (χ0v) is 19.6. The lowest BCUT2D eigenvalue weighted by atomic mass is 10.0. The van der Waals surface area contributed by atoms with Gasteiger partial charge in [-0.25, -0.2) is 0 Å². The Balaban J connectivity index is 1.50. The van der Waals surface area contributed by atoms with Gasteiger partial charge in [0.2, 0.25) is 11.8 Å². The molecule has 2 aliphatic rings. The number of carbonyl (C=O) groups is 5. The van der Waals surface area contributed by atoms with E-state index in [1.807, 2.05) is 0 Å². The van der Waals surface area contributed by atoms with Crippen LogP contribution in [0.1, 0.15) is 40.5 Å². The Bertz CT molecular complexity index is 1090. The molecule has 36 heavy (non-hydrogen) atoms. The Morgan fingerprint density at radius 3 is 2.61 bits per heavy atom. The van der Waals surface area contributed by atoms with E-state index in [0.717, 1.165) is 4.90 Å². The average Bonchev–Trinajstić information content (AvgIpc) is 3.11. The smallest absolute Gasteiger partial charge is 0.264 e. The molecular weight excluding hydrogens is 476 g/mol. The van der Waals surface area contributed by atoms with Crippen molar-refractivity contribution in [3.8, 4) is 0 Å². The summed E-state index contributed by atoms with van der Waals surface area (Å²) in [5.41, 5.74) is 8.32. The first-order chi connectivity index (χ1) is 17.3. The number of nitrogens with zero attached hydrogens (tertiary/aromatic N) is 4. The largest absolute Gasteiger partial charge is 0.379 e. The minimum Gasteiger partial charge on any atom is -0.379 e. The van der Waals surface area contributed by atoms with Gasteiger partial charge in [-0.15, -0.1) is 0 Å². The van der Waals surface area contributed by atoms with Crippen molar-refractivity contribution in [2.45, 2.75) is 31.9 Å². The highest BCUT2D eigenvalue weighted by Gasteiger charge is 2.45. The molecule has 2 aliphatic heterocycles. The number of hydrogen-bond donors (Lipinski definition) is 2. The highest BCUT2D eigenvalue weighted by atomic mass is 16.5. The van der Waals surface area contributed by atoms with Gasteiger partial charge in [0.05, 0.1) is 49.8 Å². The Morgan fingerprint density at radius 2 is 1.89 bits per heavy atom. The predicted molar refractivity (Wildman–Crippen MR) is 123 cm³/mol. The van der Waals surface area contributed by atoms with Crippen molar-refractivity contribution in [2.75, 3.05) is 44.9 Å². The first kappa shape index (κ1) is 26.8. The first-order valence-electron chi connectivity index (χ1n) is 11.3. The first-order valence-corrected chi connectivity index (χ1v) is 11.3. The maximum atomic E-state index is 13.1. The second kappa shape index (κ2) is 12.7. The van der Waals surface area contributed by atoms with Gasteiger partial charge >= 0.3 is 0 Å². The van der Waals surface area contributed by atoms with E-state index in [-0.39, 0.29) is 49.4 Å². The molecule has 1 aromatic rings. The summed E-state index contributed by atoms with van der Waals surface area (Å²) in [6.45, 7) is 3.02. The van der Waals surface area contributed by atoms with Crippen LogP contribution in [0.25, 0.3) is 10.4 Å². The van der Waals surface area contributed by atoms with Gasteiger partial charge in [0.15, 0.2) is 0 Å². The number of nitrogens with one attached hydrogen (secondary N) is 2. The number of amides is 5. The summed E-state index contributed by atoms with van der Waals surface area (Å²) in [5, 5.41) is 8.08. The van der Waals surface area contributed by atoms with Crippen molar-refractivity contribution in [3.05, 3.63) is 39.8 Å². The zero-order chi connectivity index (χ0) is 26.1. The molecule has 0 saturated carbocycles. The summed E-state index contributed by atoms with van der Waals surface area (Å²) < 4.78 is 16.0. The van der Waals surface area contributed by atoms with Gasteiger partial charge in [0.1, 0.15) is 12.1 Å². The van der Waals surface area contributed by atoms with Crippen LogP contribution in [0.2, 0.25) is 0 Å². The van der Waals surface area contributed by atoms with Gasteiger partial charge in [0, 0.05) is 17.9 Å². The van der Waals surface area contributed by atoms with E-state index in [4.69, 9.17) is 19.7 Å². The van der Waals surface area contributed by atoms with E-state index < -0.39 is 41.7 Å². The van der Waals surface area contributed by atoms with Gasteiger partial charge < -0.3 is 19.5 Å². The van der Waals surface area contributed by atoms with Gasteiger partial charge in [-0.3, -0.25) is 34.2 Å². The maximum absolute atomic E-state index is 13.1. The van der Waals surface area contributed by atoms with Crippen molar-refractivity contribution in [3.63, 3.8) is 0 Å². The summed E-state index contributed by atoms with van der Waals surface area (Å²) in [5.74, 6) is -3.09. The number of anilines is 1.